The molecule has 0 radical (unpaired) electrons. The van der Waals surface area contributed by atoms with Gasteiger partial charge in [-0.05, 0) is 29.7 Å². The molecule has 3 heteroatoms. The van der Waals surface area contributed by atoms with Crippen LogP contribution in [-0.4, -0.2) is 11.5 Å². The van der Waals surface area contributed by atoms with Crippen molar-refractivity contribution in [2.45, 2.75) is 12.3 Å². The maximum atomic E-state index is 5.84. The minimum atomic E-state index is 0.531. The van der Waals surface area contributed by atoms with Crippen molar-refractivity contribution < 1.29 is 0 Å². The van der Waals surface area contributed by atoms with Crippen LogP contribution in [-0.2, 0) is 6.42 Å². The number of fused-ring (bicyclic) bond motifs is 1. The fraction of sp³-hybridized carbons (Fsp3) is 0.214. The summed E-state index contributed by atoms with van der Waals surface area (Å²) in [6.07, 6.45) is 2.89. The van der Waals surface area contributed by atoms with E-state index in [0.29, 0.717) is 11.1 Å². The Balaban J connectivity index is 1.64. The number of anilines is 1. The molecule has 2 nitrogen and oxygen atoms in total. The molecule has 1 N–H and O–H groups in total. The Morgan fingerprint density at radius 2 is 2.18 bits per heavy atom. The molecular formula is C14H13ClN2. The number of hydrogen-bond donors (Lipinski definition) is 1. The van der Waals surface area contributed by atoms with Gasteiger partial charge in [0.15, 0.2) is 0 Å². The van der Waals surface area contributed by atoms with Gasteiger partial charge in [-0.25, -0.2) is 4.98 Å². The summed E-state index contributed by atoms with van der Waals surface area (Å²) in [5.41, 5.74) is 3.99. The molecule has 3 rings (SSSR count). The second-order valence-electron chi connectivity index (χ2n) is 4.35. The molecule has 0 bridgehead atoms. The van der Waals surface area contributed by atoms with Crippen molar-refractivity contribution in [3.05, 3.63) is 58.9 Å². The number of hydrogen-bond acceptors (Lipinski definition) is 2. The average molecular weight is 245 g/mol. The fourth-order valence-electron chi connectivity index (χ4n) is 2.30. The van der Waals surface area contributed by atoms with Gasteiger partial charge in [-0.1, -0.05) is 35.9 Å². The lowest BCUT2D eigenvalue weighted by molar-refractivity contribution is 0.636. The normalized spacial score (nSPS) is 17.1. The smallest absolute Gasteiger partial charge is 0.131 e. The van der Waals surface area contributed by atoms with Gasteiger partial charge in [0.05, 0.1) is 0 Å². The first-order chi connectivity index (χ1) is 8.33. The number of halogens is 1. The van der Waals surface area contributed by atoms with Crippen molar-refractivity contribution >= 4 is 17.3 Å². The Morgan fingerprint density at radius 3 is 3.00 bits per heavy atom. The molecule has 1 aliphatic rings. The number of nitrogens with zero attached hydrogens (tertiary/aromatic N) is 1. The Bertz CT molecular complexity index is 539. The molecule has 17 heavy (non-hydrogen) atoms. The van der Waals surface area contributed by atoms with E-state index in [4.69, 9.17) is 11.6 Å². The summed E-state index contributed by atoms with van der Waals surface area (Å²) in [5.74, 6) is 0.623. The van der Waals surface area contributed by atoms with Crippen LogP contribution in [0.25, 0.3) is 0 Å². The SMILES string of the molecule is Clc1cc(NCC2Cc3ccccc32)ccn1. The zero-order valence-electron chi connectivity index (χ0n) is 9.36. The molecule has 1 aromatic heterocycles. The lowest BCUT2D eigenvalue weighted by Gasteiger charge is -2.30. The van der Waals surface area contributed by atoms with Gasteiger partial charge in [0.2, 0.25) is 0 Å². The molecule has 2 aromatic rings. The van der Waals surface area contributed by atoms with Crippen LogP contribution in [0, 0.1) is 0 Å². The van der Waals surface area contributed by atoms with Crippen molar-refractivity contribution in [3.63, 3.8) is 0 Å². The predicted molar refractivity (Wildman–Crippen MR) is 70.6 cm³/mol. The molecule has 0 aliphatic heterocycles. The van der Waals surface area contributed by atoms with E-state index >= 15 is 0 Å². The van der Waals surface area contributed by atoms with Crippen molar-refractivity contribution in [1.29, 1.82) is 0 Å². The van der Waals surface area contributed by atoms with E-state index in [1.807, 2.05) is 12.1 Å². The first-order valence-electron chi connectivity index (χ1n) is 5.76. The number of benzene rings is 1. The summed E-state index contributed by atoms with van der Waals surface area (Å²) in [7, 11) is 0. The Labute approximate surface area is 106 Å². The highest BCUT2D eigenvalue weighted by Gasteiger charge is 2.24. The minimum Gasteiger partial charge on any atom is -0.384 e. The zero-order chi connectivity index (χ0) is 11.7. The first kappa shape index (κ1) is 10.6. The molecular weight excluding hydrogens is 232 g/mol. The van der Waals surface area contributed by atoms with Crippen LogP contribution >= 0.6 is 11.6 Å². The highest BCUT2D eigenvalue weighted by Crippen LogP contribution is 2.34. The zero-order valence-corrected chi connectivity index (χ0v) is 10.1. The van der Waals surface area contributed by atoms with Crippen LogP contribution in [0.5, 0.6) is 0 Å². The van der Waals surface area contributed by atoms with Gasteiger partial charge >= 0.3 is 0 Å². The van der Waals surface area contributed by atoms with E-state index in [-0.39, 0.29) is 0 Å². The molecule has 1 atom stereocenters. The van der Waals surface area contributed by atoms with Crippen molar-refractivity contribution in [3.8, 4) is 0 Å². The van der Waals surface area contributed by atoms with Gasteiger partial charge in [-0.3, -0.25) is 0 Å². The summed E-state index contributed by atoms with van der Waals surface area (Å²) >= 11 is 5.84. The monoisotopic (exact) mass is 244 g/mol. The number of nitrogens with one attached hydrogen (secondary N) is 1. The summed E-state index contributed by atoms with van der Waals surface area (Å²) in [4.78, 5) is 3.96. The number of pyridine rings is 1. The lowest BCUT2D eigenvalue weighted by atomic mass is 9.77. The topological polar surface area (TPSA) is 24.9 Å². The molecule has 1 heterocycles. The minimum absolute atomic E-state index is 0.531. The van der Waals surface area contributed by atoms with E-state index in [1.54, 1.807) is 6.20 Å². The maximum absolute atomic E-state index is 5.84. The molecule has 0 saturated carbocycles. The fourth-order valence-corrected chi connectivity index (χ4v) is 2.47. The standard InChI is InChI=1S/C14H13ClN2/c15-14-8-12(5-6-16-14)17-9-11-7-10-3-1-2-4-13(10)11/h1-6,8,11H,7,9H2,(H,16,17). The third-order valence-corrected chi connectivity index (χ3v) is 3.45. The molecule has 1 unspecified atom stereocenters. The first-order valence-corrected chi connectivity index (χ1v) is 6.14. The predicted octanol–water partition coefficient (Wildman–Crippen LogP) is 3.49. The van der Waals surface area contributed by atoms with Crippen molar-refractivity contribution in [2.75, 3.05) is 11.9 Å². The van der Waals surface area contributed by atoms with Crippen molar-refractivity contribution in [2.24, 2.45) is 0 Å². The van der Waals surface area contributed by atoms with Gasteiger partial charge in [0, 0.05) is 24.3 Å². The largest absolute Gasteiger partial charge is 0.384 e. The van der Waals surface area contributed by atoms with Crippen LogP contribution in [0.1, 0.15) is 17.0 Å². The summed E-state index contributed by atoms with van der Waals surface area (Å²) < 4.78 is 0. The van der Waals surface area contributed by atoms with Gasteiger partial charge < -0.3 is 5.32 Å². The third kappa shape index (κ3) is 2.13. The van der Waals surface area contributed by atoms with Crippen molar-refractivity contribution in [1.82, 2.24) is 4.98 Å². The number of aromatic nitrogens is 1. The van der Waals surface area contributed by atoms with Gasteiger partial charge in [0.1, 0.15) is 5.15 Å². The lowest BCUT2D eigenvalue weighted by Crippen LogP contribution is -2.24. The van der Waals surface area contributed by atoms with E-state index in [2.05, 4.69) is 34.6 Å². The van der Waals surface area contributed by atoms with Crippen LogP contribution < -0.4 is 5.32 Å². The molecule has 1 aromatic carbocycles. The van der Waals surface area contributed by atoms with Crippen LogP contribution in [0.15, 0.2) is 42.6 Å². The highest BCUT2D eigenvalue weighted by molar-refractivity contribution is 6.29. The van der Waals surface area contributed by atoms with Gasteiger partial charge in [0.25, 0.3) is 0 Å². The number of rotatable bonds is 3. The van der Waals surface area contributed by atoms with Gasteiger partial charge in [-0.15, -0.1) is 0 Å². The Hall–Kier alpha value is -1.54. The van der Waals surface area contributed by atoms with E-state index in [9.17, 15) is 0 Å². The molecule has 0 saturated heterocycles. The van der Waals surface area contributed by atoms with E-state index in [0.717, 1.165) is 12.2 Å². The maximum Gasteiger partial charge on any atom is 0.131 e. The van der Waals surface area contributed by atoms with E-state index in [1.165, 1.54) is 17.5 Å². The molecule has 1 aliphatic carbocycles. The molecule has 0 amide bonds. The molecule has 0 spiro atoms. The van der Waals surface area contributed by atoms with Gasteiger partial charge in [-0.2, -0.15) is 0 Å². The summed E-state index contributed by atoms with van der Waals surface area (Å²) in [6.45, 7) is 0.956. The second kappa shape index (κ2) is 4.38. The third-order valence-electron chi connectivity index (χ3n) is 3.24. The van der Waals surface area contributed by atoms with Crippen LogP contribution in [0.4, 0.5) is 5.69 Å². The summed E-state index contributed by atoms with van der Waals surface area (Å²) in [5, 5.41) is 3.94. The average Bonchev–Trinajstić information content (AvgIpc) is 2.30. The van der Waals surface area contributed by atoms with E-state index < -0.39 is 0 Å². The second-order valence-corrected chi connectivity index (χ2v) is 4.74. The summed E-state index contributed by atoms with van der Waals surface area (Å²) in [6, 6.07) is 12.4. The quantitative estimate of drug-likeness (QED) is 0.836. The van der Waals surface area contributed by atoms with Crippen LogP contribution in [0.3, 0.4) is 0 Å². The van der Waals surface area contributed by atoms with Crippen LogP contribution in [0.2, 0.25) is 5.15 Å². The molecule has 86 valence electrons. The highest BCUT2D eigenvalue weighted by atomic mass is 35.5. The Kier molecular flexibility index (Phi) is 2.73. The Morgan fingerprint density at radius 1 is 1.29 bits per heavy atom. The molecule has 0 fully saturated rings.